The molecule has 4 aromatic heterocycles. The van der Waals surface area contributed by atoms with Crippen LogP contribution in [0.25, 0.3) is 50.3 Å². The van der Waals surface area contributed by atoms with E-state index in [0.29, 0.717) is 28.9 Å². The van der Waals surface area contributed by atoms with Gasteiger partial charge in [0.05, 0.1) is 0 Å². The van der Waals surface area contributed by atoms with Gasteiger partial charge in [-0.3, -0.25) is 0 Å². The maximum Gasteiger partial charge on any atom is 2.00 e. The van der Waals surface area contributed by atoms with E-state index >= 15 is 0 Å². The van der Waals surface area contributed by atoms with Crippen LogP contribution in [0.5, 0.6) is 23.0 Å². The van der Waals surface area contributed by atoms with E-state index in [0.717, 1.165) is 68.3 Å². The fourth-order valence-electron chi connectivity index (χ4n) is 5.77. The van der Waals surface area contributed by atoms with E-state index in [4.69, 9.17) is 9.47 Å². The number of nitrogens with zero attached hydrogens (tertiary/aromatic N) is 6. The maximum absolute atomic E-state index is 6.40. The summed E-state index contributed by atoms with van der Waals surface area (Å²) in [5.41, 5.74) is 7.07. The summed E-state index contributed by atoms with van der Waals surface area (Å²) in [6, 6.07) is 41.4. The fraction of sp³-hybridized carbons (Fsp3) is 0.0976. The van der Waals surface area contributed by atoms with Gasteiger partial charge in [-0.1, -0.05) is 73.4 Å². The van der Waals surface area contributed by atoms with Crippen molar-refractivity contribution in [3.05, 3.63) is 145 Å². The summed E-state index contributed by atoms with van der Waals surface area (Å²) in [4.78, 5) is 22.0. The molecule has 0 N–H and O–H groups in total. The zero-order valence-electron chi connectivity index (χ0n) is 27.4. The number of aromatic nitrogens is 6. The van der Waals surface area contributed by atoms with Crippen molar-refractivity contribution >= 4 is 21.8 Å². The molecule has 8 aromatic rings. The smallest absolute Gasteiger partial charge is 0.503 e. The number of rotatable bonds is 9. The second-order valence-corrected chi connectivity index (χ2v) is 11.3. The number of hydrogen-bond acceptors (Lipinski definition) is 7. The Kier molecular flexibility index (Phi) is 11.1. The first-order chi connectivity index (χ1) is 24.1. The molecule has 0 aliphatic heterocycles. The Morgan fingerprint density at radius 3 is 1.49 bits per heavy atom. The van der Waals surface area contributed by atoms with E-state index in [1.165, 1.54) is 12.7 Å². The molecule has 0 atom stereocenters. The predicted molar refractivity (Wildman–Crippen MR) is 188 cm³/mol. The summed E-state index contributed by atoms with van der Waals surface area (Å²) in [5, 5.41) is 1.87. The van der Waals surface area contributed by atoms with Gasteiger partial charge in [0, 0.05) is 35.4 Å². The molecule has 0 amide bonds. The van der Waals surface area contributed by atoms with Crippen LogP contribution in [-0.2, 0) is 54.3 Å². The summed E-state index contributed by atoms with van der Waals surface area (Å²) in [7, 11) is 0. The van der Waals surface area contributed by atoms with Gasteiger partial charge in [-0.2, -0.15) is 22.9 Å². The van der Waals surface area contributed by atoms with Crippen LogP contribution in [0.1, 0.15) is 25.0 Å². The largest absolute Gasteiger partial charge is 2.00 e. The third kappa shape index (κ3) is 7.52. The number of fused-ring (bicyclic) bond motifs is 3. The molecular weight excluding hydrogens is 910 g/mol. The monoisotopic (exact) mass is 937 g/mol. The van der Waals surface area contributed by atoms with E-state index in [1.807, 2.05) is 77.4 Å². The van der Waals surface area contributed by atoms with Crippen molar-refractivity contribution < 1.29 is 51.0 Å². The van der Waals surface area contributed by atoms with Crippen LogP contribution >= 0.6 is 0 Å². The second kappa shape index (κ2) is 15.9. The second-order valence-electron chi connectivity index (χ2n) is 11.3. The molecule has 0 radical (unpaired) electrons. The standard InChI is InChI=1S/C41H28N6O2.Pd.Pt/c1-3-27-17-29(37-9-5-7-15-43-37)21-33(19-27)48-31-11-13-35-36-14-12-32(24-40(36)47(39(35)23-31)41-45-25-42-26-46-41)49-34-20-28(4-2)18-30(22-34)38-10-6-8-16-44-38;;/h5-20,25-26H,3-4H2,1-2H3;;/q-4;2*+2. The van der Waals surface area contributed by atoms with Crippen molar-refractivity contribution in [2.75, 3.05) is 0 Å². The number of aryl methyl sites for hydroxylation is 2. The van der Waals surface area contributed by atoms with E-state index in [-0.39, 0.29) is 41.5 Å². The summed E-state index contributed by atoms with van der Waals surface area (Å²) in [6.07, 6.45) is 8.17. The zero-order valence-corrected chi connectivity index (χ0v) is 31.3. The quantitative estimate of drug-likeness (QED) is 0.106. The normalized spacial score (nSPS) is 10.8. The van der Waals surface area contributed by atoms with Crippen LogP contribution in [0.2, 0.25) is 0 Å². The molecule has 4 aromatic carbocycles. The molecule has 8 rings (SSSR count). The zero-order chi connectivity index (χ0) is 33.2. The average Bonchev–Trinajstić information content (AvgIpc) is 3.48. The summed E-state index contributed by atoms with van der Waals surface area (Å²) in [6.45, 7) is 4.22. The number of benzene rings is 4. The molecular formula is C41H28N6O2PdPt. The number of ether oxygens (including phenoxy) is 2. The van der Waals surface area contributed by atoms with Crippen molar-refractivity contribution in [2.45, 2.75) is 26.7 Å². The Hall–Kier alpha value is -5.06. The van der Waals surface area contributed by atoms with Crippen molar-refractivity contribution in [2.24, 2.45) is 0 Å². The molecule has 51 heavy (non-hydrogen) atoms. The van der Waals surface area contributed by atoms with Gasteiger partial charge in [0.15, 0.2) is 0 Å². The van der Waals surface area contributed by atoms with Crippen LogP contribution in [0.4, 0.5) is 0 Å². The van der Waals surface area contributed by atoms with Crippen LogP contribution in [0.15, 0.2) is 110 Å². The minimum absolute atomic E-state index is 0. The van der Waals surface area contributed by atoms with Gasteiger partial charge in [0.25, 0.3) is 0 Å². The first kappa shape index (κ1) is 35.8. The van der Waals surface area contributed by atoms with Gasteiger partial charge >= 0.3 is 41.5 Å². The summed E-state index contributed by atoms with van der Waals surface area (Å²) < 4.78 is 14.7. The minimum atomic E-state index is 0. The predicted octanol–water partition coefficient (Wildman–Crippen LogP) is 9.00. The van der Waals surface area contributed by atoms with Gasteiger partial charge in [-0.25, -0.2) is 15.0 Å². The minimum Gasteiger partial charge on any atom is -0.503 e. The molecule has 0 unspecified atom stereocenters. The Morgan fingerprint density at radius 2 is 1.06 bits per heavy atom. The average molecular weight is 938 g/mol. The van der Waals surface area contributed by atoms with E-state index in [1.54, 1.807) is 12.4 Å². The molecule has 0 saturated heterocycles. The van der Waals surface area contributed by atoms with Gasteiger partial charge in [0.1, 0.15) is 12.7 Å². The molecule has 0 aliphatic rings. The molecule has 4 heterocycles. The van der Waals surface area contributed by atoms with Crippen molar-refractivity contribution in [1.82, 2.24) is 29.5 Å². The van der Waals surface area contributed by atoms with E-state index in [2.05, 4.69) is 75.2 Å². The fourth-order valence-corrected chi connectivity index (χ4v) is 5.77. The van der Waals surface area contributed by atoms with Gasteiger partial charge in [0.2, 0.25) is 5.95 Å². The van der Waals surface area contributed by atoms with E-state index in [9.17, 15) is 0 Å². The molecule has 8 nitrogen and oxygen atoms in total. The molecule has 0 bridgehead atoms. The van der Waals surface area contributed by atoms with Gasteiger partial charge in [-0.15, -0.1) is 58.7 Å². The maximum atomic E-state index is 6.40. The molecule has 0 spiro atoms. The van der Waals surface area contributed by atoms with Crippen LogP contribution in [0, 0.1) is 24.3 Å². The Balaban J connectivity index is 0.00000224. The third-order valence-electron chi connectivity index (χ3n) is 8.16. The van der Waals surface area contributed by atoms with Gasteiger partial charge in [-0.05, 0) is 36.4 Å². The SMILES string of the molecule is CCc1cc(Oc2[c-]c3c(cc2)c2ccc(Oc4[c-]c(-c5ccccn5)cc(CC)c4)[c-]c2n3-c2ncncn2)[c-]c(-c2ccccn2)c1.[Pd+2].[Pt+2]. The van der Waals surface area contributed by atoms with Crippen molar-refractivity contribution in [3.8, 4) is 51.5 Å². The van der Waals surface area contributed by atoms with E-state index < -0.39 is 0 Å². The van der Waals surface area contributed by atoms with Crippen LogP contribution in [0.3, 0.4) is 0 Å². The van der Waals surface area contributed by atoms with Gasteiger partial charge < -0.3 is 24.0 Å². The first-order valence-electron chi connectivity index (χ1n) is 16.0. The first-order valence-corrected chi connectivity index (χ1v) is 16.0. The molecule has 10 heteroatoms. The number of pyridine rings is 2. The Bertz CT molecular complexity index is 2280. The molecule has 0 fully saturated rings. The summed E-state index contributed by atoms with van der Waals surface area (Å²) >= 11 is 0. The molecule has 0 saturated carbocycles. The summed E-state index contributed by atoms with van der Waals surface area (Å²) in [5.74, 6) is 2.62. The Labute approximate surface area is 323 Å². The molecule has 254 valence electrons. The van der Waals surface area contributed by atoms with Crippen molar-refractivity contribution in [1.29, 1.82) is 0 Å². The van der Waals surface area contributed by atoms with Crippen LogP contribution < -0.4 is 9.47 Å². The number of hydrogen-bond donors (Lipinski definition) is 0. The van der Waals surface area contributed by atoms with Crippen LogP contribution in [-0.4, -0.2) is 29.5 Å². The molecule has 0 aliphatic carbocycles. The topological polar surface area (TPSA) is 87.8 Å². The Morgan fingerprint density at radius 1 is 0.569 bits per heavy atom. The van der Waals surface area contributed by atoms with Crippen molar-refractivity contribution in [3.63, 3.8) is 0 Å². The third-order valence-corrected chi connectivity index (χ3v) is 8.16.